The first-order valence-electron chi connectivity index (χ1n) is 25.2. The third-order valence-electron chi connectivity index (χ3n) is 10.9. The van der Waals surface area contributed by atoms with Crippen LogP contribution < -0.4 is 19.5 Å². The summed E-state index contributed by atoms with van der Waals surface area (Å²) in [6.07, 6.45) is -9.90. The quantitative estimate of drug-likeness (QED) is 0.0807. The number of nitrogens with one attached hydrogen (secondary N) is 1. The second-order valence-corrected chi connectivity index (χ2v) is 18.6. The summed E-state index contributed by atoms with van der Waals surface area (Å²) < 4.78 is 111. The molecule has 0 aliphatic carbocycles. The number of rotatable bonds is 10. The molecule has 13 nitrogen and oxygen atoms in total. The molecule has 0 atom stereocenters. The molecule has 0 fully saturated rings. The van der Waals surface area contributed by atoms with Gasteiger partial charge in [0.15, 0.2) is 5.41 Å². The fourth-order valence-corrected chi connectivity index (χ4v) is 5.36. The normalized spacial score (nSPS) is 10.4. The molecular weight excluding hydrogens is 1060 g/mol. The summed E-state index contributed by atoms with van der Waals surface area (Å²) in [6.45, 7) is 21.2. The van der Waals surface area contributed by atoms with E-state index in [4.69, 9.17) is 14.2 Å². The van der Waals surface area contributed by atoms with E-state index in [0.717, 1.165) is 23.0 Å². The molecule has 0 aromatic heterocycles. The van der Waals surface area contributed by atoms with Gasteiger partial charge in [0.1, 0.15) is 29.8 Å². The fourth-order valence-electron chi connectivity index (χ4n) is 5.36. The minimum absolute atomic E-state index is 0.000230. The Balaban J connectivity index is -0.000000465. The number of esters is 1. The van der Waals surface area contributed by atoms with E-state index in [2.05, 4.69) is 162 Å². The minimum atomic E-state index is -5.24. The van der Waals surface area contributed by atoms with Gasteiger partial charge in [-0.05, 0) is 98.5 Å². The topological polar surface area (TPSA) is 146 Å². The number of alkyl halides is 6. The molecule has 19 heteroatoms. The Morgan fingerprint density at radius 1 is 0.444 bits per heavy atom. The third-order valence-corrected chi connectivity index (χ3v) is 10.9. The maximum absolute atomic E-state index is 11.6. The maximum Gasteiger partial charge on any atom is 0.507 e. The van der Waals surface area contributed by atoms with Crippen LogP contribution in [0.25, 0.3) is 0 Å². The summed E-state index contributed by atoms with van der Waals surface area (Å²) in [5, 5.41) is 2.39. The highest BCUT2D eigenvalue weighted by Gasteiger charge is 2.64. The average molecular weight is 1160 g/mol. The van der Waals surface area contributed by atoms with Gasteiger partial charge in [-0.25, -0.2) is 4.79 Å². The zero-order chi connectivity index (χ0) is 63.6. The largest absolute Gasteiger partial charge is 0.507 e. The number of carbonyl (C=O) groups excluding carboxylic acids is 3. The summed E-state index contributed by atoms with van der Waals surface area (Å²) in [7, 11) is 15.2. The highest BCUT2D eigenvalue weighted by molar-refractivity contribution is 5.72. The fraction of sp³-hybridized carbons (Fsp3) is 0.468. The summed E-state index contributed by atoms with van der Waals surface area (Å²) >= 11 is 0. The summed E-state index contributed by atoms with van der Waals surface area (Å²) in [5.41, 5.74) is 4.40. The van der Waals surface area contributed by atoms with Crippen LogP contribution in [0, 0.1) is 19.3 Å². The van der Waals surface area contributed by atoms with E-state index in [0.29, 0.717) is 6.79 Å². The smallest absolute Gasteiger partial charge is 0.497 e. The van der Waals surface area contributed by atoms with Crippen LogP contribution in [0.5, 0.6) is 23.0 Å². The van der Waals surface area contributed by atoms with Crippen LogP contribution in [-0.2, 0) is 48.8 Å². The minimum Gasteiger partial charge on any atom is -0.497 e. The van der Waals surface area contributed by atoms with Gasteiger partial charge in [0.05, 0.1) is 35.5 Å². The lowest BCUT2D eigenvalue weighted by molar-refractivity contribution is -0.327. The van der Waals surface area contributed by atoms with E-state index >= 15 is 0 Å². The standard InChI is InChI=1S/C26H30.C14H14O3.C5H6F6.C3H7NO.C3H6O3.C3H8O2.C3H6O2.C3H8.C2H6O/c1-19-7-11-21(12-8-19)25(3,4)23-15-17-24(18-16-23)26(5,6)22-13-9-20(2)10-14-22;1-15-11-3-7-13(8-4-11)17-14-9-5-12(16-2)6-10-14;1-3(2,4(6,7)8)5(9,10)11;1-3(5)4-2;1-5-3(4)6-2;1-4-3-5-2;1-3(4)5-2;2*1-3-2/h7-18H,1-6H3;3-10H,1-2H3;1-2H3;1-2H3,(H,4,5);1-2H3;3H2,1-2H3;1-2H3;3H2,1-2H3;1-2H3. The number of carbonyl (C=O) groups is 3. The molecule has 5 rings (SSSR count). The predicted molar refractivity (Wildman–Crippen MR) is 310 cm³/mol. The average Bonchev–Trinajstić information content (AvgIpc) is 3.45. The molecule has 0 saturated carbocycles. The summed E-state index contributed by atoms with van der Waals surface area (Å²) in [5.74, 6) is 2.93. The number of methoxy groups -OCH3 is 8. The SMILES string of the molecule is CC(C)(C(F)(F)F)C(F)(F)F.CCC.CNC(C)=O.COC.COC(=O)OC.COC(C)=O.COCOC.COc1ccc(Oc2ccc(OC)cc2)cc1.Cc1ccc(C(C)(C)c2ccc(C(C)(C)c3ccc(C)cc3)cc2)cc1. The number of benzene rings is 5. The molecule has 0 spiro atoms. The first-order chi connectivity index (χ1) is 37.6. The lowest BCUT2D eigenvalue weighted by Crippen LogP contribution is -2.44. The van der Waals surface area contributed by atoms with Crippen LogP contribution in [0.2, 0.25) is 0 Å². The number of aryl methyl sites for hydroxylation is 2. The van der Waals surface area contributed by atoms with E-state index in [1.165, 1.54) is 75.0 Å². The van der Waals surface area contributed by atoms with Crippen molar-refractivity contribution in [2.45, 2.75) is 113 Å². The van der Waals surface area contributed by atoms with Crippen molar-refractivity contribution in [3.8, 4) is 23.0 Å². The molecule has 0 saturated heterocycles. The lowest BCUT2D eigenvalue weighted by Gasteiger charge is -2.29. The van der Waals surface area contributed by atoms with Gasteiger partial charge in [0.25, 0.3) is 0 Å². The van der Waals surface area contributed by atoms with Gasteiger partial charge in [0, 0.05) is 60.2 Å². The molecule has 1 amide bonds. The van der Waals surface area contributed by atoms with Crippen LogP contribution in [0.4, 0.5) is 31.1 Å². The molecule has 5 aromatic rings. The van der Waals surface area contributed by atoms with Gasteiger partial charge in [0.2, 0.25) is 5.91 Å². The van der Waals surface area contributed by atoms with Gasteiger partial charge in [-0.15, -0.1) is 0 Å². The molecule has 0 radical (unpaired) electrons. The molecule has 5 aromatic carbocycles. The Labute approximate surface area is 478 Å². The van der Waals surface area contributed by atoms with Crippen molar-refractivity contribution in [1.82, 2.24) is 5.32 Å². The second kappa shape index (κ2) is 43.0. The second-order valence-electron chi connectivity index (χ2n) is 18.6. The zero-order valence-electron chi connectivity index (χ0n) is 51.6. The van der Waals surface area contributed by atoms with Crippen LogP contribution >= 0.6 is 0 Å². The van der Waals surface area contributed by atoms with Crippen molar-refractivity contribution < 1.29 is 83.4 Å². The van der Waals surface area contributed by atoms with Gasteiger partial charge in [-0.1, -0.05) is 132 Å². The summed E-state index contributed by atoms with van der Waals surface area (Å²) in [6, 6.07) is 41.9. The maximum atomic E-state index is 11.6. The first-order valence-corrected chi connectivity index (χ1v) is 25.2. The first kappa shape index (κ1) is 80.6. The number of halogens is 6. The molecule has 0 aliphatic rings. The Kier molecular flexibility index (Phi) is 42.8. The molecule has 1 N–H and O–H groups in total. The molecular formula is C62H91F6NO12. The van der Waals surface area contributed by atoms with Crippen LogP contribution in [0.1, 0.15) is 109 Å². The lowest BCUT2D eigenvalue weighted by atomic mass is 9.74. The third kappa shape index (κ3) is 34.8. The van der Waals surface area contributed by atoms with Gasteiger partial charge in [-0.2, -0.15) is 26.3 Å². The van der Waals surface area contributed by atoms with E-state index in [-0.39, 0.29) is 36.6 Å². The Hall–Kier alpha value is -6.83. The van der Waals surface area contributed by atoms with Gasteiger partial charge >= 0.3 is 24.5 Å². The Bertz CT molecular complexity index is 2210. The highest BCUT2D eigenvalue weighted by atomic mass is 19.4. The Morgan fingerprint density at radius 2 is 0.667 bits per heavy atom. The summed E-state index contributed by atoms with van der Waals surface area (Å²) in [4.78, 5) is 29.0. The number of amides is 1. The van der Waals surface area contributed by atoms with Crippen LogP contribution in [0.3, 0.4) is 0 Å². The van der Waals surface area contributed by atoms with Gasteiger partial charge < -0.3 is 47.9 Å². The van der Waals surface area contributed by atoms with E-state index in [1.807, 2.05) is 48.5 Å². The molecule has 0 bridgehead atoms. The van der Waals surface area contributed by atoms with E-state index in [1.54, 1.807) is 49.7 Å². The number of hydrogen-bond donors (Lipinski definition) is 1. The van der Waals surface area contributed by atoms with E-state index < -0.39 is 23.9 Å². The Morgan fingerprint density at radius 3 is 0.802 bits per heavy atom. The van der Waals surface area contributed by atoms with Crippen LogP contribution in [0.15, 0.2) is 121 Å². The molecule has 0 unspecified atom stereocenters. The van der Waals surface area contributed by atoms with Crippen LogP contribution in [-0.4, -0.2) is 108 Å². The number of ether oxygens (including phenoxy) is 9. The predicted octanol–water partition coefficient (Wildman–Crippen LogP) is 15.8. The van der Waals surface area contributed by atoms with Crippen molar-refractivity contribution in [2.24, 2.45) is 5.41 Å². The van der Waals surface area contributed by atoms with Crippen molar-refractivity contribution in [1.29, 1.82) is 0 Å². The van der Waals surface area contributed by atoms with Crippen molar-refractivity contribution in [3.05, 3.63) is 155 Å². The van der Waals surface area contributed by atoms with Crippen molar-refractivity contribution >= 4 is 18.0 Å². The molecule has 0 heterocycles. The van der Waals surface area contributed by atoms with Gasteiger partial charge in [-0.3, -0.25) is 9.59 Å². The zero-order valence-corrected chi connectivity index (χ0v) is 51.6. The van der Waals surface area contributed by atoms with Crippen molar-refractivity contribution in [2.75, 3.05) is 77.8 Å². The number of hydrogen-bond acceptors (Lipinski definition) is 12. The highest BCUT2D eigenvalue weighted by Crippen LogP contribution is 2.49. The molecule has 458 valence electrons. The van der Waals surface area contributed by atoms with E-state index in [9.17, 15) is 40.7 Å². The monoisotopic (exact) mass is 1160 g/mol. The van der Waals surface area contributed by atoms with Crippen molar-refractivity contribution in [3.63, 3.8) is 0 Å². The molecule has 0 aliphatic heterocycles. The molecule has 81 heavy (non-hydrogen) atoms.